The Morgan fingerprint density at radius 3 is 2.54 bits per heavy atom. The third-order valence-electron chi connectivity index (χ3n) is 10.6. The van der Waals surface area contributed by atoms with Crippen LogP contribution < -0.4 is 5.32 Å². The second-order valence-electron chi connectivity index (χ2n) is 13.1. The normalized spacial score (nSPS) is 37.0. The van der Waals surface area contributed by atoms with Gasteiger partial charge in [-0.15, -0.1) is 0 Å². The van der Waals surface area contributed by atoms with Crippen molar-refractivity contribution in [2.24, 2.45) is 45.1 Å². The number of hydrogen-bond donors (Lipinski definition) is 3. The summed E-state index contributed by atoms with van der Waals surface area (Å²) >= 11 is 0. The molecule has 0 aliphatic heterocycles. The Balaban J connectivity index is 1.35. The molecule has 0 heterocycles. The third kappa shape index (κ3) is 5.10. The van der Waals surface area contributed by atoms with Crippen molar-refractivity contribution in [3.63, 3.8) is 0 Å². The Morgan fingerprint density at radius 2 is 1.86 bits per heavy atom. The van der Waals surface area contributed by atoms with Crippen LogP contribution >= 0.6 is 0 Å². The minimum absolute atomic E-state index is 0.0113. The van der Waals surface area contributed by atoms with Crippen LogP contribution in [0.1, 0.15) is 86.0 Å². The summed E-state index contributed by atoms with van der Waals surface area (Å²) in [4.78, 5) is 40.9. The highest BCUT2D eigenvalue weighted by atomic mass is 16.6. The predicted molar refractivity (Wildman–Crippen MR) is 140 cm³/mol. The second kappa shape index (κ2) is 10.2. The number of amides is 1. The standard InChI is InChI=1S/C29H44N2O6/c1-17(32)21-8-9-22-20-7-6-18-14-19(10-12-28(18,4)23(20)11-13-29(21,22)5)31-37-15-24(33)30-16-27(2,3)25(34)26(35)36/h14,20-23,25,34H,6-13,15-16H2,1-5H3,(H,30,33)(H,35,36)/b31-19-/t20-,21+,22-,23-,25-,28-,29-/m1/s1. The van der Waals surface area contributed by atoms with E-state index in [1.54, 1.807) is 20.8 Å². The Labute approximate surface area is 220 Å². The first kappa shape index (κ1) is 27.8. The highest BCUT2D eigenvalue weighted by Crippen LogP contribution is 2.66. The first-order valence-electron chi connectivity index (χ1n) is 13.9. The summed E-state index contributed by atoms with van der Waals surface area (Å²) in [6, 6.07) is 0. The molecule has 206 valence electrons. The molecule has 3 fully saturated rings. The fraction of sp³-hybridized carbons (Fsp3) is 0.793. The van der Waals surface area contributed by atoms with Crippen molar-refractivity contribution in [2.45, 2.75) is 92.1 Å². The molecule has 3 N–H and O–H groups in total. The van der Waals surface area contributed by atoms with E-state index >= 15 is 0 Å². The van der Waals surface area contributed by atoms with E-state index in [-0.39, 0.29) is 29.9 Å². The van der Waals surface area contributed by atoms with E-state index in [0.717, 1.165) is 37.8 Å². The van der Waals surface area contributed by atoms with Crippen molar-refractivity contribution in [2.75, 3.05) is 13.2 Å². The van der Waals surface area contributed by atoms with Gasteiger partial charge in [0.2, 0.25) is 0 Å². The van der Waals surface area contributed by atoms with Gasteiger partial charge in [0.1, 0.15) is 5.78 Å². The number of rotatable bonds is 8. The van der Waals surface area contributed by atoms with Crippen molar-refractivity contribution in [3.05, 3.63) is 11.6 Å². The van der Waals surface area contributed by atoms with E-state index < -0.39 is 23.4 Å². The molecule has 1 amide bonds. The monoisotopic (exact) mass is 516 g/mol. The van der Waals surface area contributed by atoms with Crippen LogP contribution in [0.5, 0.6) is 0 Å². The highest BCUT2D eigenvalue weighted by Gasteiger charge is 2.59. The number of aliphatic hydroxyl groups excluding tert-OH is 1. The van der Waals surface area contributed by atoms with Gasteiger partial charge in [0, 0.05) is 17.9 Å². The Kier molecular flexibility index (Phi) is 7.63. The molecular formula is C29H44N2O6. The molecule has 4 aliphatic rings. The van der Waals surface area contributed by atoms with E-state index in [4.69, 9.17) is 9.94 Å². The van der Waals surface area contributed by atoms with E-state index in [1.807, 2.05) is 0 Å². The number of carbonyl (C=O) groups is 3. The zero-order chi connectivity index (χ0) is 27.2. The van der Waals surface area contributed by atoms with Crippen LogP contribution in [0.3, 0.4) is 0 Å². The maximum absolute atomic E-state index is 12.4. The maximum Gasteiger partial charge on any atom is 0.333 e. The van der Waals surface area contributed by atoms with Crippen LogP contribution in [-0.2, 0) is 19.2 Å². The number of carbonyl (C=O) groups excluding carboxylic acids is 2. The molecular weight excluding hydrogens is 472 g/mol. The lowest BCUT2D eigenvalue weighted by atomic mass is 9.46. The summed E-state index contributed by atoms with van der Waals surface area (Å²) in [7, 11) is 0. The Bertz CT molecular complexity index is 1000. The van der Waals surface area contributed by atoms with Crippen LogP contribution in [0.15, 0.2) is 16.8 Å². The number of aliphatic carboxylic acids is 1. The number of carboxylic acid groups (broad SMARTS) is 1. The molecule has 4 aliphatic carbocycles. The lowest BCUT2D eigenvalue weighted by Gasteiger charge is -2.58. The molecule has 0 spiro atoms. The molecule has 0 bridgehead atoms. The minimum Gasteiger partial charge on any atom is -0.479 e. The molecule has 0 aromatic carbocycles. The van der Waals surface area contributed by atoms with E-state index in [2.05, 4.69) is 30.4 Å². The van der Waals surface area contributed by atoms with Crippen molar-refractivity contribution < 1.29 is 29.4 Å². The molecule has 0 unspecified atom stereocenters. The Hall–Kier alpha value is -2.22. The number of ketones is 1. The quantitative estimate of drug-likeness (QED) is 0.417. The summed E-state index contributed by atoms with van der Waals surface area (Å²) in [5.74, 6) is 0.864. The summed E-state index contributed by atoms with van der Waals surface area (Å²) < 4.78 is 0. The number of carboxylic acids is 1. The summed E-state index contributed by atoms with van der Waals surface area (Å²) in [5, 5.41) is 25.6. The van der Waals surface area contributed by atoms with Crippen LogP contribution in [0.2, 0.25) is 0 Å². The van der Waals surface area contributed by atoms with Crippen LogP contribution in [0, 0.1) is 39.9 Å². The number of fused-ring (bicyclic) bond motifs is 5. The fourth-order valence-electron chi connectivity index (χ4n) is 8.29. The van der Waals surface area contributed by atoms with Crippen molar-refractivity contribution >= 4 is 23.4 Å². The van der Waals surface area contributed by atoms with Gasteiger partial charge in [-0.05, 0) is 93.0 Å². The van der Waals surface area contributed by atoms with Gasteiger partial charge in [-0.3, -0.25) is 9.59 Å². The smallest absolute Gasteiger partial charge is 0.333 e. The average Bonchev–Trinajstić information content (AvgIpc) is 3.20. The zero-order valence-corrected chi connectivity index (χ0v) is 23.0. The highest BCUT2D eigenvalue weighted by molar-refractivity contribution is 5.96. The number of hydrogen-bond acceptors (Lipinski definition) is 6. The zero-order valence-electron chi connectivity index (χ0n) is 23.0. The fourth-order valence-corrected chi connectivity index (χ4v) is 8.29. The van der Waals surface area contributed by atoms with Gasteiger partial charge in [-0.1, -0.05) is 38.4 Å². The molecule has 8 heteroatoms. The molecule has 0 saturated heterocycles. The molecule has 3 saturated carbocycles. The van der Waals surface area contributed by atoms with Gasteiger partial charge in [-0.2, -0.15) is 0 Å². The van der Waals surface area contributed by atoms with Gasteiger partial charge in [0.15, 0.2) is 12.7 Å². The number of oxime groups is 1. The number of Topliss-reactive ketones (excluding diaryl/α,β-unsaturated/α-hetero) is 1. The van der Waals surface area contributed by atoms with Gasteiger partial charge >= 0.3 is 5.97 Å². The summed E-state index contributed by atoms with van der Waals surface area (Å²) in [6.45, 7) is 9.50. The number of nitrogens with one attached hydrogen (secondary N) is 1. The maximum atomic E-state index is 12.4. The molecule has 37 heavy (non-hydrogen) atoms. The van der Waals surface area contributed by atoms with Crippen LogP contribution in [0.25, 0.3) is 0 Å². The molecule has 0 aromatic heterocycles. The largest absolute Gasteiger partial charge is 0.479 e. The van der Waals surface area contributed by atoms with Crippen molar-refractivity contribution in [1.82, 2.24) is 5.32 Å². The Morgan fingerprint density at radius 1 is 1.14 bits per heavy atom. The van der Waals surface area contributed by atoms with Crippen LogP contribution in [0.4, 0.5) is 0 Å². The number of allylic oxidation sites excluding steroid dienone is 2. The lowest BCUT2D eigenvalue weighted by Crippen LogP contribution is -2.51. The van der Waals surface area contributed by atoms with Gasteiger partial charge in [-0.25, -0.2) is 4.79 Å². The van der Waals surface area contributed by atoms with Crippen LogP contribution in [-0.4, -0.2) is 52.8 Å². The molecule has 4 rings (SSSR count). The van der Waals surface area contributed by atoms with Gasteiger partial charge < -0.3 is 20.4 Å². The predicted octanol–water partition coefficient (Wildman–Crippen LogP) is 4.11. The number of aliphatic hydroxyl groups is 1. The molecule has 0 radical (unpaired) electrons. The third-order valence-corrected chi connectivity index (χ3v) is 10.6. The van der Waals surface area contributed by atoms with Gasteiger partial charge in [0.25, 0.3) is 5.91 Å². The molecule has 0 aromatic rings. The van der Waals surface area contributed by atoms with E-state index in [1.165, 1.54) is 24.8 Å². The van der Waals surface area contributed by atoms with Crippen molar-refractivity contribution in [3.8, 4) is 0 Å². The van der Waals surface area contributed by atoms with Crippen molar-refractivity contribution in [1.29, 1.82) is 0 Å². The summed E-state index contributed by atoms with van der Waals surface area (Å²) in [6.07, 6.45) is 9.23. The SMILES string of the molecule is CC(=O)[C@@H]1CC[C@@H]2[C@H]3CCC4=C/C(=N\OCC(=O)NCC(C)(C)[C@H](O)C(=O)O)CC[C@@]4(C)[C@@H]3CC[C@@]21C. The lowest BCUT2D eigenvalue weighted by molar-refractivity contribution is -0.153. The average molecular weight is 517 g/mol. The first-order valence-corrected chi connectivity index (χ1v) is 13.9. The molecule has 7 atom stereocenters. The summed E-state index contributed by atoms with van der Waals surface area (Å²) in [5.41, 5.74) is 1.62. The van der Waals surface area contributed by atoms with E-state index in [0.29, 0.717) is 23.5 Å². The first-order chi connectivity index (χ1) is 17.3. The second-order valence-corrected chi connectivity index (χ2v) is 13.1. The minimum atomic E-state index is -1.57. The van der Waals surface area contributed by atoms with Gasteiger partial charge in [0.05, 0.1) is 5.71 Å². The topological polar surface area (TPSA) is 125 Å². The molecule has 8 nitrogen and oxygen atoms in total. The number of nitrogens with zero attached hydrogens (tertiary/aromatic N) is 1. The van der Waals surface area contributed by atoms with E-state index in [9.17, 15) is 19.5 Å².